The van der Waals surface area contributed by atoms with E-state index in [0.717, 1.165) is 11.3 Å². The standard InChI is InChI=1S/C25H28ClN5O3/c1-25(2,3)13-21(32)29-17-6-5-7-18(12-17)30-22-20(15-28-24(26)31-22)23(33)27-14-16-8-10-19(34-4)11-9-16/h5-12,15H,13-14H2,1-4H3,(H,27,33)(H,29,32)(H,28,30,31). The Bertz CT molecular complexity index is 1160. The molecule has 1 heterocycles. The number of nitrogens with one attached hydrogen (secondary N) is 3. The van der Waals surface area contributed by atoms with Crippen LogP contribution in [0.3, 0.4) is 0 Å². The number of aromatic nitrogens is 2. The van der Waals surface area contributed by atoms with Gasteiger partial charge >= 0.3 is 0 Å². The average Bonchev–Trinajstić information content (AvgIpc) is 2.77. The van der Waals surface area contributed by atoms with Crippen LogP contribution in [-0.2, 0) is 11.3 Å². The van der Waals surface area contributed by atoms with E-state index in [0.29, 0.717) is 24.3 Å². The van der Waals surface area contributed by atoms with Crippen molar-refractivity contribution in [3.05, 3.63) is 71.1 Å². The number of ether oxygens (including phenoxy) is 1. The zero-order valence-corrected chi connectivity index (χ0v) is 20.4. The normalized spacial score (nSPS) is 11.0. The highest BCUT2D eigenvalue weighted by molar-refractivity contribution is 6.28. The first-order chi connectivity index (χ1) is 16.1. The largest absolute Gasteiger partial charge is 0.497 e. The van der Waals surface area contributed by atoms with Crippen LogP contribution in [0, 0.1) is 5.41 Å². The predicted molar refractivity (Wildman–Crippen MR) is 134 cm³/mol. The van der Waals surface area contributed by atoms with E-state index in [-0.39, 0.29) is 33.9 Å². The van der Waals surface area contributed by atoms with E-state index in [1.165, 1.54) is 6.20 Å². The smallest absolute Gasteiger partial charge is 0.256 e. The van der Waals surface area contributed by atoms with E-state index in [1.54, 1.807) is 31.4 Å². The van der Waals surface area contributed by atoms with Crippen molar-refractivity contribution in [2.45, 2.75) is 33.7 Å². The van der Waals surface area contributed by atoms with Crippen LogP contribution in [-0.4, -0.2) is 28.9 Å². The summed E-state index contributed by atoms with van der Waals surface area (Å²) >= 11 is 5.99. The minimum Gasteiger partial charge on any atom is -0.497 e. The van der Waals surface area contributed by atoms with E-state index in [9.17, 15) is 9.59 Å². The van der Waals surface area contributed by atoms with E-state index >= 15 is 0 Å². The van der Waals surface area contributed by atoms with Gasteiger partial charge in [0, 0.05) is 30.5 Å². The maximum absolute atomic E-state index is 12.9. The molecule has 0 bridgehead atoms. The summed E-state index contributed by atoms with van der Waals surface area (Å²) in [5, 5.41) is 8.86. The van der Waals surface area contributed by atoms with Gasteiger partial charge in [-0.2, -0.15) is 4.98 Å². The number of rotatable bonds is 8. The molecule has 0 fully saturated rings. The first-order valence-electron chi connectivity index (χ1n) is 10.7. The van der Waals surface area contributed by atoms with Crippen LogP contribution < -0.4 is 20.7 Å². The van der Waals surface area contributed by atoms with Crippen LogP contribution in [0.5, 0.6) is 5.75 Å². The van der Waals surface area contributed by atoms with Crippen molar-refractivity contribution in [3.63, 3.8) is 0 Å². The van der Waals surface area contributed by atoms with E-state index in [4.69, 9.17) is 16.3 Å². The van der Waals surface area contributed by atoms with Gasteiger partial charge in [0.15, 0.2) is 0 Å². The summed E-state index contributed by atoms with van der Waals surface area (Å²) in [6.45, 7) is 6.33. The lowest BCUT2D eigenvalue weighted by Crippen LogP contribution is -2.24. The lowest BCUT2D eigenvalue weighted by molar-refractivity contribution is -0.117. The highest BCUT2D eigenvalue weighted by Gasteiger charge is 2.17. The van der Waals surface area contributed by atoms with Crippen molar-refractivity contribution in [2.75, 3.05) is 17.7 Å². The third kappa shape index (κ3) is 7.45. The van der Waals surface area contributed by atoms with Crippen LogP contribution in [0.2, 0.25) is 5.28 Å². The van der Waals surface area contributed by atoms with Gasteiger partial charge in [0.2, 0.25) is 11.2 Å². The second kappa shape index (κ2) is 11.0. The minimum atomic E-state index is -0.357. The van der Waals surface area contributed by atoms with Crippen LogP contribution in [0.25, 0.3) is 0 Å². The Morgan fingerprint density at radius 1 is 1.06 bits per heavy atom. The molecule has 3 rings (SSSR count). The van der Waals surface area contributed by atoms with Crippen molar-refractivity contribution in [1.82, 2.24) is 15.3 Å². The molecule has 0 saturated carbocycles. The van der Waals surface area contributed by atoms with Crippen LogP contribution in [0.4, 0.5) is 17.2 Å². The molecule has 0 atom stereocenters. The molecule has 2 amide bonds. The topological polar surface area (TPSA) is 105 Å². The van der Waals surface area contributed by atoms with Gasteiger partial charge < -0.3 is 20.7 Å². The Labute approximate surface area is 204 Å². The number of carbonyl (C=O) groups is 2. The van der Waals surface area contributed by atoms with Gasteiger partial charge in [-0.3, -0.25) is 9.59 Å². The number of hydrogen-bond donors (Lipinski definition) is 3. The SMILES string of the molecule is COc1ccc(CNC(=O)c2cnc(Cl)nc2Nc2cccc(NC(=O)CC(C)(C)C)c2)cc1. The number of methoxy groups -OCH3 is 1. The van der Waals surface area contributed by atoms with Crippen LogP contribution in [0.15, 0.2) is 54.7 Å². The number of hydrogen-bond acceptors (Lipinski definition) is 6. The number of nitrogens with zero attached hydrogens (tertiary/aromatic N) is 2. The summed E-state index contributed by atoms with van der Waals surface area (Å²) in [6.07, 6.45) is 1.76. The third-order valence-corrected chi connectivity index (χ3v) is 4.90. The van der Waals surface area contributed by atoms with E-state index in [2.05, 4.69) is 25.9 Å². The van der Waals surface area contributed by atoms with Crippen molar-refractivity contribution < 1.29 is 14.3 Å². The molecule has 1 aromatic heterocycles. The van der Waals surface area contributed by atoms with Crippen molar-refractivity contribution in [2.24, 2.45) is 5.41 Å². The Morgan fingerprint density at radius 3 is 2.44 bits per heavy atom. The molecule has 3 aromatic rings. The molecule has 0 aliphatic rings. The van der Waals surface area contributed by atoms with E-state index in [1.807, 2.05) is 45.0 Å². The summed E-state index contributed by atoms with van der Waals surface area (Å²) in [7, 11) is 1.60. The molecule has 0 aliphatic heterocycles. The Balaban J connectivity index is 1.72. The van der Waals surface area contributed by atoms with Gasteiger partial charge in [0.05, 0.1) is 7.11 Å². The molecule has 2 aromatic carbocycles. The monoisotopic (exact) mass is 481 g/mol. The second-order valence-electron chi connectivity index (χ2n) is 8.92. The molecule has 0 saturated heterocycles. The maximum atomic E-state index is 12.9. The lowest BCUT2D eigenvalue weighted by Gasteiger charge is -2.17. The van der Waals surface area contributed by atoms with Gasteiger partial charge in [-0.15, -0.1) is 0 Å². The Kier molecular flexibility index (Phi) is 8.07. The van der Waals surface area contributed by atoms with Crippen LogP contribution in [0.1, 0.15) is 43.1 Å². The third-order valence-electron chi connectivity index (χ3n) is 4.72. The highest BCUT2D eigenvalue weighted by Crippen LogP contribution is 2.24. The van der Waals surface area contributed by atoms with Crippen molar-refractivity contribution >= 4 is 40.6 Å². The highest BCUT2D eigenvalue weighted by atomic mass is 35.5. The van der Waals surface area contributed by atoms with Gasteiger partial charge in [0.25, 0.3) is 5.91 Å². The molecule has 0 spiro atoms. The number of carbonyl (C=O) groups excluding carboxylic acids is 2. The molecule has 0 radical (unpaired) electrons. The molecule has 0 aliphatic carbocycles. The molecule has 0 unspecified atom stereocenters. The molecule has 3 N–H and O–H groups in total. The Morgan fingerprint density at radius 2 is 1.76 bits per heavy atom. The van der Waals surface area contributed by atoms with Gasteiger partial charge in [-0.05, 0) is 52.9 Å². The zero-order chi connectivity index (χ0) is 24.7. The first-order valence-corrected chi connectivity index (χ1v) is 11.1. The molecule has 178 valence electrons. The van der Waals surface area contributed by atoms with Gasteiger partial charge in [0.1, 0.15) is 17.1 Å². The summed E-state index contributed by atoms with van der Waals surface area (Å²) in [6, 6.07) is 14.5. The summed E-state index contributed by atoms with van der Waals surface area (Å²) < 4.78 is 5.15. The predicted octanol–water partition coefficient (Wildman–Crippen LogP) is 5.19. The average molecular weight is 482 g/mol. The Hall–Kier alpha value is -3.65. The molecule has 9 heteroatoms. The minimum absolute atomic E-state index is 0.00355. The quantitative estimate of drug-likeness (QED) is 0.382. The lowest BCUT2D eigenvalue weighted by atomic mass is 9.92. The van der Waals surface area contributed by atoms with Crippen molar-refractivity contribution in [1.29, 1.82) is 0 Å². The number of halogens is 1. The first kappa shape index (κ1) is 25.0. The summed E-state index contributed by atoms with van der Waals surface area (Å²) in [5.41, 5.74) is 2.29. The number of amides is 2. The summed E-state index contributed by atoms with van der Waals surface area (Å²) in [4.78, 5) is 33.3. The van der Waals surface area contributed by atoms with Gasteiger partial charge in [-0.25, -0.2) is 4.98 Å². The molecular formula is C25H28ClN5O3. The van der Waals surface area contributed by atoms with E-state index < -0.39 is 0 Å². The second-order valence-corrected chi connectivity index (χ2v) is 9.26. The zero-order valence-electron chi connectivity index (χ0n) is 19.6. The van der Waals surface area contributed by atoms with Gasteiger partial charge in [-0.1, -0.05) is 39.0 Å². The fourth-order valence-electron chi connectivity index (χ4n) is 3.14. The molecule has 8 nitrogen and oxygen atoms in total. The number of benzene rings is 2. The summed E-state index contributed by atoms with van der Waals surface area (Å²) in [5.74, 6) is 0.563. The fourth-order valence-corrected chi connectivity index (χ4v) is 3.27. The van der Waals surface area contributed by atoms with Crippen LogP contribution >= 0.6 is 11.6 Å². The molecule has 34 heavy (non-hydrogen) atoms. The maximum Gasteiger partial charge on any atom is 0.256 e. The molecular weight excluding hydrogens is 454 g/mol. The fraction of sp³-hybridized carbons (Fsp3) is 0.280. The number of anilines is 3. The van der Waals surface area contributed by atoms with Crippen molar-refractivity contribution in [3.8, 4) is 5.75 Å².